The van der Waals surface area contributed by atoms with Crippen LogP contribution in [-0.2, 0) is 16.1 Å². The van der Waals surface area contributed by atoms with Crippen LogP contribution in [0.4, 0.5) is 0 Å². The van der Waals surface area contributed by atoms with E-state index < -0.39 is 0 Å². The van der Waals surface area contributed by atoms with E-state index >= 15 is 0 Å². The van der Waals surface area contributed by atoms with Crippen LogP contribution in [-0.4, -0.2) is 67.6 Å². The lowest BCUT2D eigenvalue weighted by atomic mass is 9.97. The summed E-state index contributed by atoms with van der Waals surface area (Å²) in [5.41, 5.74) is 0. The van der Waals surface area contributed by atoms with Crippen LogP contribution in [0.1, 0.15) is 44.4 Å². The van der Waals surface area contributed by atoms with Gasteiger partial charge in [-0.1, -0.05) is 6.07 Å². The number of piperidine rings is 2. The maximum absolute atomic E-state index is 12.2. The highest BCUT2D eigenvalue weighted by molar-refractivity contribution is 7.09. The Morgan fingerprint density at radius 2 is 2.10 bits per heavy atom. The van der Waals surface area contributed by atoms with Crippen LogP contribution >= 0.6 is 11.3 Å². The topological polar surface area (TPSA) is 57.2 Å². The first kappa shape index (κ1) is 22.1. The Kier molecular flexibility index (Phi) is 8.80. The Morgan fingerprint density at radius 1 is 1.28 bits per heavy atom. The van der Waals surface area contributed by atoms with Crippen LogP contribution in [0.3, 0.4) is 0 Å². The molecule has 1 N–H and O–H groups in total. The summed E-state index contributed by atoms with van der Waals surface area (Å²) in [5, 5.41) is 5.60. The van der Waals surface area contributed by atoms with Crippen molar-refractivity contribution in [2.45, 2.75) is 46.1 Å². The average molecular weight is 421 g/mol. The summed E-state index contributed by atoms with van der Waals surface area (Å²) in [6.07, 6.45) is 4.34. The molecule has 1 atom stereocenters. The molecule has 7 heteroatoms. The quantitative estimate of drug-likeness (QED) is 0.417. The van der Waals surface area contributed by atoms with Gasteiger partial charge in [0.1, 0.15) is 0 Å². The number of esters is 1. The van der Waals surface area contributed by atoms with E-state index in [-0.39, 0.29) is 11.9 Å². The van der Waals surface area contributed by atoms with Crippen molar-refractivity contribution in [2.24, 2.45) is 16.8 Å². The first-order valence-corrected chi connectivity index (χ1v) is 12.0. The second-order valence-electron chi connectivity index (χ2n) is 8.03. The summed E-state index contributed by atoms with van der Waals surface area (Å²) < 4.78 is 5.24. The van der Waals surface area contributed by atoms with Crippen molar-refractivity contribution < 1.29 is 9.53 Å². The summed E-state index contributed by atoms with van der Waals surface area (Å²) in [6.45, 7) is 11.2. The molecule has 1 aromatic rings. The SMILES string of the molecule is CCNC(=NCC1CCN(Cc2cccs2)CC1)N1CCCC(C(=O)OCC)C1. The third kappa shape index (κ3) is 6.71. The molecule has 2 saturated heterocycles. The number of rotatable bonds is 7. The van der Waals surface area contributed by atoms with Gasteiger partial charge in [-0.25, -0.2) is 0 Å². The molecule has 0 bridgehead atoms. The van der Waals surface area contributed by atoms with E-state index in [2.05, 4.69) is 39.6 Å². The maximum atomic E-state index is 12.2. The number of carbonyl (C=O) groups is 1. The number of carbonyl (C=O) groups excluding carboxylic acids is 1. The second-order valence-corrected chi connectivity index (χ2v) is 9.06. The summed E-state index contributed by atoms with van der Waals surface area (Å²) in [6, 6.07) is 4.36. The van der Waals surface area contributed by atoms with Gasteiger partial charge in [0.15, 0.2) is 5.96 Å². The number of nitrogens with zero attached hydrogens (tertiary/aromatic N) is 3. The second kappa shape index (κ2) is 11.6. The smallest absolute Gasteiger partial charge is 0.310 e. The van der Waals surface area contributed by atoms with Gasteiger partial charge in [0.25, 0.3) is 0 Å². The van der Waals surface area contributed by atoms with Gasteiger partial charge in [-0.2, -0.15) is 0 Å². The van der Waals surface area contributed by atoms with Crippen molar-refractivity contribution in [3.8, 4) is 0 Å². The van der Waals surface area contributed by atoms with Crippen LogP contribution in [0, 0.1) is 11.8 Å². The lowest BCUT2D eigenvalue weighted by molar-refractivity contribution is -0.149. The van der Waals surface area contributed by atoms with E-state index in [1.807, 2.05) is 18.3 Å². The van der Waals surface area contributed by atoms with E-state index in [1.54, 1.807) is 0 Å². The van der Waals surface area contributed by atoms with E-state index in [0.717, 1.165) is 58.1 Å². The lowest BCUT2D eigenvalue weighted by Crippen LogP contribution is -2.48. The standard InChI is InChI=1S/C22H36N4O2S/c1-3-23-22(26-11-5-7-19(16-26)21(27)28-4-2)24-15-18-9-12-25(13-10-18)17-20-8-6-14-29-20/h6,8,14,18-19H,3-5,7,9-13,15-17H2,1-2H3,(H,23,24). The molecule has 3 heterocycles. The molecule has 2 fully saturated rings. The number of nitrogens with one attached hydrogen (secondary N) is 1. The number of likely N-dealkylation sites (tertiary alicyclic amines) is 2. The summed E-state index contributed by atoms with van der Waals surface area (Å²) in [7, 11) is 0. The molecule has 29 heavy (non-hydrogen) atoms. The number of thiophene rings is 1. The number of ether oxygens (including phenoxy) is 1. The molecule has 0 aliphatic carbocycles. The zero-order valence-corrected chi connectivity index (χ0v) is 18.8. The number of hydrogen-bond acceptors (Lipinski definition) is 5. The van der Waals surface area contributed by atoms with E-state index in [1.165, 1.54) is 17.7 Å². The van der Waals surface area contributed by atoms with Crippen LogP contribution in [0.5, 0.6) is 0 Å². The Labute approximate surface area is 179 Å². The predicted octanol–water partition coefficient (Wildman–Crippen LogP) is 3.20. The fourth-order valence-electron chi connectivity index (χ4n) is 4.21. The highest BCUT2D eigenvalue weighted by Crippen LogP contribution is 2.22. The molecule has 2 aliphatic heterocycles. The zero-order chi connectivity index (χ0) is 20.5. The first-order chi connectivity index (χ1) is 14.2. The van der Waals surface area contributed by atoms with Crippen molar-refractivity contribution in [2.75, 3.05) is 45.9 Å². The third-order valence-electron chi connectivity index (χ3n) is 5.84. The van der Waals surface area contributed by atoms with Gasteiger partial charge in [0.2, 0.25) is 0 Å². The Balaban J connectivity index is 1.49. The van der Waals surface area contributed by atoms with Crippen molar-refractivity contribution in [3.63, 3.8) is 0 Å². The molecule has 6 nitrogen and oxygen atoms in total. The Morgan fingerprint density at radius 3 is 2.79 bits per heavy atom. The van der Waals surface area contributed by atoms with Crippen LogP contribution in [0.25, 0.3) is 0 Å². The van der Waals surface area contributed by atoms with Gasteiger partial charge in [0.05, 0.1) is 12.5 Å². The molecule has 0 radical (unpaired) electrons. The number of hydrogen-bond donors (Lipinski definition) is 1. The molecule has 0 aromatic carbocycles. The normalized spacial score (nSPS) is 21.9. The van der Waals surface area contributed by atoms with Crippen molar-refractivity contribution in [3.05, 3.63) is 22.4 Å². The van der Waals surface area contributed by atoms with Gasteiger partial charge in [-0.15, -0.1) is 11.3 Å². The van der Waals surface area contributed by atoms with E-state index in [9.17, 15) is 4.79 Å². The highest BCUT2D eigenvalue weighted by Gasteiger charge is 2.28. The molecular formula is C22H36N4O2S. The molecule has 1 aromatic heterocycles. The summed E-state index contributed by atoms with van der Waals surface area (Å²) in [5.74, 6) is 1.51. The fraction of sp³-hybridized carbons (Fsp3) is 0.727. The number of guanidine groups is 1. The maximum Gasteiger partial charge on any atom is 0.310 e. The highest BCUT2D eigenvalue weighted by atomic mass is 32.1. The third-order valence-corrected chi connectivity index (χ3v) is 6.70. The van der Waals surface area contributed by atoms with Crippen molar-refractivity contribution >= 4 is 23.3 Å². The molecule has 3 rings (SSSR count). The van der Waals surface area contributed by atoms with E-state index in [4.69, 9.17) is 9.73 Å². The van der Waals surface area contributed by atoms with Crippen molar-refractivity contribution in [1.82, 2.24) is 15.1 Å². The molecule has 0 saturated carbocycles. The molecule has 2 aliphatic rings. The Bertz CT molecular complexity index is 641. The fourth-order valence-corrected chi connectivity index (χ4v) is 4.96. The van der Waals surface area contributed by atoms with Gasteiger partial charge in [-0.05, 0) is 70.0 Å². The van der Waals surface area contributed by atoms with Gasteiger partial charge in [-0.3, -0.25) is 14.7 Å². The lowest BCUT2D eigenvalue weighted by Gasteiger charge is -2.35. The van der Waals surface area contributed by atoms with Gasteiger partial charge in [0, 0.05) is 37.6 Å². The molecule has 1 unspecified atom stereocenters. The molecular weight excluding hydrogens is 384 g/mol. The predicted molar refractivity (Wildman–Crippen MR) is 119 cm³/mol. The van der Waals surface area contributed by atoms with Crippen LogP contribution < -0.4 is 5.32 Å². The zero-order valence-electron chi connectivity index (χ0n) is 17.9. The van der Waals surface area contributed by atoms with Crippen LogP contribution in [0.2, 0.25) is 0 Å². The first-order valence-electron chi connectivity index (χ1n) is 11.1. The minimum atomic E-state index is -0.0637. The van der Waals surface area contributed by atoms with Gasteiger partial charge < -0.3 is 15.0 Å². The monoisotopic (exact) mass is 420 g/mol. The molecule has 162 valence electrons. The van der Waals surface area contributed by atoms with Crippen LogP contribution in [0.15, 0.2) is 22.5 Å². The summed E-state index contributed by atoms with van der Waals surface area (Å²) >= 11 is 1.85. The minimum absolute atomic E-state index is 0.0342. The molecule has 0 spiro atoms. The summed E-state index contributed by atoms with van der Waals surface area (Å²) in [4.78, 5) is 23.4. The largest absolute Gasteiger partial charge is 0.466 e. The number of aliphatic imine (C=N–C) groups is 1. The Hall–Kier alpha value is -1.60. The van der Waals surface area contributed by atoms with Crippen molar-refractivity contribution in [1.29, 1.82) is 0 Å². The average Bonchev–Trinajstić information content (AvgIpc) is 3.25. The minimum Gasteiger partial charge on any atom is -0.466 e. The van der Waals surface area contributed by atoms with Gasteiger partial charge >= 0.3 is 5.97 Å². The molecule has 0 amide bonds. The van der Waals surface area contributed by atoms with E-state index in [0.29, 0.717) is 19.1 Å².